The highest BCUT2D eigenvalue weighted by Gasteiger charge is 2.14. The molecule has 1 aliphatic heterocycles. The summed E-state index contributed by atoms with van der Waals surface area (Å²) in [4.78, 5) is 5.25. The summed E-state index contributed by atoms with van der Waals surface area (Å²) in [5.74, 6) is 0.723. The Morgan fingerprint density at radius 1 is 1.21 bits per heavy atom. The number of aliphatic imine (C=N–C) groups is 1. The van der Waals surface area contributed by atoms with Gasteiger partial charge in [-0.3, -0.25) is 4.99 Å². The number of amidine groups is 1. The molecule has 1 heterocycles. The van der Waals surface area contributed by atoms with Gasteiger partial charge in [0.15, 0.2) is 5.17 Å². The molecule has 2 rings (SSSR count). The molecule has 1 N–H and O–H groups in total. The van der Waals surface area contributed by atoms with Crippen molar-refractivity contribution in [1.82, 2.24) is 5.32 Å². The van der Waals surface area contributed by atoms with E-state index in [0.29, 0.717) is 0 Å². The van der Waals surface area contributed by atoms with Crippen LogP contribution in [0.25, 0.3) is 5.57 Å². The molecule has 0 radical (unpaired) electrons. The van der Waals surface area contributed by atoms with Crippen LogP contribution in [0.4, 0.5) is 0 Å². The van der Waals surface area contributed by atoms with Gasteiger partial charge in [-0.05, 0) is 80.5 Å². The molecule has 0 spiro atoms. The second-order valence-electron chi connectivity index (χ2n) is 7.04. The van der Waals surface area contributed by atoms with Crippen molar-refractivity contribution in [1.29, 1.82) is 0 Å². The Hall–Kier alpha value is -1.52. The summed E-state index contributed by atoms with van der Waals surface area (Å²) in [7, 11) is 1.81. The van der Waals surface area contributed by atoms with Crippen LogP contribution in [0.1, 0.15) is 64.2 Å². The molecule has 0 amide bonds. The van der Waals surface area contributed by atoms with Crippen molar-refractivity contribution in [3.8, 4) is 0 Å². The molecule has 0 unspecified atom stereocenters. The van der Waals surface area contributed by atoms with E-state index in [-0.39, 0.29) is 0 Å². The zero-order chi connectivity index (χ0) is 22.2. The van der Waals surface area contributed by atoms with Crippen LogP contribution in [-0.4, -0.2) is 32.0 Å². The third kappa shape index (κ3) is 11.9. The van der Waals surface area contributed by atoms with Crippen molar-refractivity contribution >= 4 is 22.5 Å². The molecule has 1 aliphatic rings. The van der Waals surface area contributed by atoms with Crippen LogP contribution in [0.3, 0.4) is 0 Å². The van der Waals surface area contributed by atoms with E-state index >= 15 is 0 Å². The number of hydrogen-bond acceptors (Lipinski definition) is 3. The topological polar surface area (TPSA) is 33.6 Å². The number of benzene rings is 1. The number of nitrogens with one attached hydrogen (secondary N) is 1. The Kier molecular flexibility index (Phi) is 15.4. The largest absolute Gasteiger partial charge is 0.381 e. The van der Waals surface area contributed by atoms with Gasteiger partial charge in [0.2, 0.25) is 0 Å². The van der Waals surface area contributed by atoms with Crippen LogP contribution in [-0.2, 0) is 4.74 Å². The van der Waals surface area contributed by atoms with Gasteiger partial charge < -0.3 is 10.1 Å². The fourth-order valence-electron chi connectivity index (χ4n) is 2.66. The smallest absolute Gasteiger partial charge is 0.160 e. The summed E-state index contributed by atoms with van der Waals surface area (Å²) in [6.45, 7) is 21.2. The highest BCUT2D eigenvalue weighted by molar-refractivity contribution is 8.17. The molecule has 164 valence electrons. The lowest BCUT2D eigenvalue weighted by atomic mass is 10.0. The van der Waals surface area contributed by atoms with E-state index in [1.807, 2.05) is 27.8 Å². The number of rotatable bonds is 4. The van der Waals surface area contributed by atoms with Crippen molar-refractivity contribution < 1.29 is 4.74 Å². The summed E-state index contributed by atoms with van der Waals surface area (Å²) < 4.78 is 5.32. The predicted molar refractivity (Wildman–Crippen MR) is 134 cm³/mol. The molecule has 0 aromatic heterocycles. The second kappa shape index (κ2) is 16.3. The van der Waals surface area contributed by atoms with E-state index in [1.165, 1.54) is 22.3 Å². The Morgan fingerprint density at radius 2 is 1.83 bits per heavy atom. The Balaban J connectivity index is 0.000000508. The highest BCUT2D eigenvalue weighted by Crippen LogP contribution is 2.17. The zero-order valence-corrected chi connectivity index (χ0v) is 20.7. The van der Waals surface area contributed by atoms with Crippen LogP contribution in [0.15, 0.2) is 40.8 Å². The first-order valence-corrected chi connectivity index (χ1v) is 11.5. The Labute approximate surface area is 184 Å². The molecule has 1 aromatic rings. The third-order valence-corrected chi connectivity index (χ3v) is 5.62. The maximum atomic E-state index is 5.32. The monoisotopic (exact) mass is 418 g/mol. The minimum atomic E-state index is 0.723. The maximum absolute atomic E-state index is 5.32. The molecule has 4 heteroatoms. The molecule has 0 saturated carbocycles. The molecule has 0 bridgehead atoms. The van der Waals surface area contributed by atoms with E-state index in [2.05, 4.69) is 68.9 Å². The molecule has 0 aliphatic carbocycles. The lowest BCUT2D eigenvalue weighted by Gasteiger charge is -2.22. The van der Waals surface area contributed by atoms with Crippen LogP contribution in [0, 0.1) is 19.8 Å². The van der Waals surface area contributed by atoms with Gasteiger partial charge >= 0.3 is 0 Å². The van der Waals surface area contributed by atoms with Gasteiger partial charge in [-0.25, -0.2) is 0 Å². The minimum Gasteiger partial charge on any atom is -0.381 e. The van der Waals surface area contributed by atoms with Gasteiger partial charge in [-0.2, -0.15) is 0 Å². The first-order valence-electron chi connectivity index (χ1n) is 10.7. The average molecular weight is 419 g/mol. The summed E-state index contributed by atoms with van der Waals surface area (Å²) in [5.41, 5.74) is 5.41. The predicted octanol–water partition coefficient (Wildman–Crippen LogP) is 7.01. The molecule has 3 nitrogen and oxygen atoms in total. The number of ether oxygens (including phenoxy) is 1. The summed E-state index contributed by atoms with van der Waals surface area (Å²) >= 11 is 1.60. The van der Waals surface area contributed by atoms with E-state index in [9.17, 15) is 0 Å². The summed E-state index contributed by atoms with van der Waals surface area (Å²) in [5, 5.41) is 4.33. The number of nitrogens with zero attached hydrogens (tertiary/aromatic N) is 1. The minimum absolute atomic E-state index is 0.723. The van der Waals surface area contributed by atoms with E-state index in [1.54, 1.807) is 11.8 Å². The lowest BCUT2D eigenvalue weighted by molar-refractivity contribution is 0.0676. The van der Waals surface area contributed by atoms with E-state index in [4.69, 9.17) is 4.74 Å². The SMILES string of the molecule is C/C=C(\C)c1ccc(C)c(C)c1.C=C(C)SC(=NC)NCC1CCOCC1.CC. The average Bonchev–Trinajstić information content (AvgIpc) is 2.75. The zero-order valence-electron chi connectivity index (χ0n) is 19.9. The molecule has 29 heavy (non-hydrogen) atoms. The highest BCUT2D eigenvalue weighted by atomic mass is 32.2. The Morgan fingerprint density at radius 3 is 2.31 bits per heavy atom. The van der Waals surface area contributed by atoms with Gasteiger partial charge in [0, 0.05) is 26.8 Å². The van der Waals surface area contributed by atoms with Crippen molar-refractivity contribution in [2.24, 2.45) is 10.9 Å². The fourth-order valence-corrected chi connectivity index (χ4v) is 3.24. The van der Waals surface area contributed by atoms with Crippen LogP contribution in [0.5, 0.6) is 0 Å². The molecular formula is C25H42N2OS. The fraction of sp³-hybridized carbons (Fsp3) is 0.560. The first-order chi connectivity index (χ1) is 13.9. The van der Waals surface area contributed by atoms with Crippen molar-refractivity contribution in [3.63, 3.8) is 0 Å². The van der Waals surface area contributed by atoms with Crippen LogP contribution in [0.2, 0.25) is 0 Å². The molecular weight excluding hydrogens is 376 g/mol. The number of aryl methyl sites for hydroxylation is 2. The standard InChI is InChI=1S/C12H16.C11H20N2OS.C2H6/c1-5-9(2)12-7-6-10(3)11(4)8-12;1-9(2)15-11(12-3)13-8-10-4-6-14-7-5-10;1-2/h5-8H,1-4H3;10H,1,4-8H2,2-3H3,(H,12,13);1-2H3/b9-5+;;. The Bertz CT molecular complexity index is 659. The van der Waals surface area contributed by atoms with E-state index in [0.717, 1.165) is 48.6 Å². The van der Waals surface area contributed by atoms with E-state index < -0.39 is 0 Å². The summed E-state index contributed by atoms with van der Waals surface area (Å²) in [6.07, 6.45) is 4.45. The lowest BCUT2D eigenvalue weighted by Crippen LogP contribution is -2.30. The van der Waals surface area contributed by atoms with Crippen LogP contribution < -0.4 is 5.32 Å². The van der Waals surface area contributed by atoms with Crippen molar-refractivity contribution in [3.05, 3.63) is 52.4 Å². The first kappa shape index (κ1) is 27.5. The van der Waals surface area contributed by atoms with Crippen molar-refractivity contribution in [2.75, 3.05) is 26.8 Å². The normalized spacial score (nSPS) is 14.9. The molecule has 1 aromatic carbocycles. The number of allylic oxidation sites excluding steroid dienone is 3. The molecule has 1 fully saturated rings. The van der Waals surface area contributed by atoms with Gasteiger partial charge in [0.05, 0.1) is 0 Å². The second-order valence-corrected chi connectivity index (χ2v) is 8.33. The summed E-state index contributed by atoms with van der Waals surface area (Å²) in [6, 6.07) is 6.60. The van der Waals surface area contributed by atoms with Gasteiger partial charge in [0.1, 0.15) is 0 Å². The van der Waals surface area contributed by atoms with Gasteiger partial charge in [0.25, 0.3) is 0 Å². The molecule has 1 saturated heterocycles. The maximum Gasteiger partial charge on any atom is 0.160 e. The quantitative estimate of drug-likeness (QED) is 0.422. The van der Waals surface area contributed by atoms with Crippen LogP contribution >= 0.6 is 11.8 Å². The van der Waals surface area contributed by atoms with Crippen molar-refractivity contribution in [2.45, 2.75) is 61.3 Å². The van der Waals surface area contributed by atoms with Gasteiger partial charge in [-0.15, -0.1) is 0 Å². The number of hydrogen-bond donors (Lipinski definition) is 1. The number of thioether (sulfide) groups is 1. The third-order valence-electron chi connectivity index (χ3n) is 4.75. The van der Waals surface area contributed by atoms with Gasteiger partial charge in [-0.1, -0.05) is 56.5 Å². The molecule has 0 atom stereocenters.